The SMILES string of the molecule is Cc1nccn1Cc1ccc(C(N)=O)cc1Cl. The maximum absolute atomic E-state index is 11.0. The van der Waals surface area contributed by atoms with E-state index in [-0.39, 0.29) is 0 Å². The van der Waals surface area contributed by atoms with Crippen molar-refractivity contribution in [2.24, 2.45) is 5.73 Å². The summed E-state index contributed by atoms with van der Waals surface area (Å²) in [7, 11) is 0. The molecule has 0 saturated carbocycles. The Labute approximate surface area is 104 Å². The molecule has 0 unspecified atom stereocenters. The second kappa shape index (κ2) is 4.59. The van der Waals surface area contributed by atoms with Gasteiger partial charge in [-0.2, -0.15) is 0 Å². The third-order valence-electron chi connectivity index (χ3n) is 2.60. The number of benzene rings is 1. The van der Waals surface area contributed by atoms with Gasteiger partial charge in [0.05, 0.1) is 6.54 Å². The molecule has 0 saturated heterocycles. The van der Waals surface area contributed by atoms with E-state index in [1.165, 1.54) is 0 Å². The summed E-state index contributed by atoms with van der Waals surface area (Å²) < 4.78 is 1.98. The Kier molecular flexibility index (Phi) is 3.15. The molecule has 5 heteroatoms. The van der Waals surface area contributed by atoms with Crippen molar-refractivity contribution in [3.63, 3.8) is 0 Å². The minimum absolute atomic E-state index is 0.418. The summed E-state index contributed by atoms with van der Waals surface area (Å²) in [6.45, 7) is 2.55. The highest BCUT2D eigenvalue weighted by Crippen LogP contribution is 2.19. The van der Waals surface area contributed by atoms with E-state index in [1.807, 2.05) is 23.8 Å². The number of nitrogens with zero attached hydrogens (tertiary/aromatic N) is 2. The highest BCUT2D eigenvalue weighted by molar-refractivity contribution is 6.31. The van der Waals surface area contributed by atoms with Gasteiger partial charge >= 0.3 is 0 Å². The molecule has 1 aromatic heterocycles. The van der Waals surface area contributed by atoms with Crippen LogP contribution in [0.5, 0.6) is 0 Å². The highest BCUT2D eigenvalue weighted by atomic mass is 35.5. The van der Waals surface area contributed by atoms with Crippen LogP contribution in [0, 0.1) is 6.92 Å². The Bertz CT molecular complexity index is 563. The number of aryl methyl sites for hydroxylation is 1. The standard InChI is InChI=1S/C12H12ClN3O/c1-8-15-4-5-16(8)7-10-3-2-9(12(14)17)6-11(10)13/h2-6H,7H2,1H3,(H2,14,17). The lowest BCUT2D eigenvalue weighted by atomic mass is 10.1. The van der Waals surface area contributed by atoms with Crippen LogP contribution in [0.1, 0.15) is 21.7 Å². The Morgan fingerprint density at radius 1 is 1.53 bits per heavy atom. The number of carbonyl (C=O) groups excluding carboxylic acids is 1. The van der Waals surface area contributed by atoms with Gasteiger partial charge in [0, 0.05) is 23.0 Å². The van der Waals surface area contributed by atoms with E-state index in [2.05, 4.69) is 4.98 Å². The number of rotatable bonds is 3. The fraction of sp³-hybridized carbons (Fsp3) is 0.167. The van der Waals surface area contributed by atoms with Gasteiger partial charge in [0.1, 0.15) is 5.82 Å². The number of nitrogens with two attached hydrogens (primary N) is 1. The van der Waals surface area contributed by atoms with Crippen molar-refractivity contribution >= 4 is 17.5 Å². The van der Waals surface area contributed by atoms with Gasteiger partial charge < -0.3 is 10.3 Å². The van der Waals surface area contributed by atoms with Crippen LogP contribution in [-0.2, 0) is 6.54 Å². The number of hydrogen-bond acceptors (Lipinski definition) is 2. The number of imidazole rings is 1. The van der Waals surface area contributed by atoms with Gasteiger partial charge in [0.2, 0.25) is 5.91 Å². The summed E-state index contributed by atoms with van der Waals surface area (Å²) in [5.74, 6) is 0.442. The molecule has 0 atom stereocenters. The van der Waals surface area contributed by atoms with E-state index in [9.17, 15) is 4.79 Å². The van der Waals surface area contributed by atoms with Crippen LogP contribution in [0.15, 0.2) is 30.6 Å². The Hall–Kier alpha value is -1.81. The normalized spacial score (nSPS) is 10.5. The van der Waals surface area contributed by atoms with E-state index < -0.39 is 5.91 Å². The number of hydrogen-bond donors (Lipinski definition) is 1. The Balaban J connectivity index is 2.29. The number of amides is 1. The lowest BCUT2D eigenvalue weighted by Crippen LogP contribution is -2.11. The van der Waals surface area contributed by atoms with Gasteiger partial charge in [-0.15, -0.1) is 0 Å². The van der Waals surface area contributed by atoms with Crippen molar-refractivity contribution in [1.29, 1.82) is 0 Å². The minimum atomic E-state index is -0.475. The van der Waals surface area contributed by atoms with Crippen molar-refractivity contribution < 1.29 is 4.79 Å². The minimum Gasteiger partial charge on any atom is -0.366 e. The smallest absolute Gasteiger partial charge is 0.248 e. The van der Waals surface area contributed by atoms with E-state index in [0.29, 0.717) is 17.1 Å². The molecule has 0 radical (unpaired) electrons. The third-order valence-corrected chi connectivity index (χ3v) is 2.95. The zero-order valence-electron chi connectivity index (χ0n) is 9.35. The molecule has 0 aliphatic rings. The summed E-state index contributed by atoms with van der Waals surface area (Å²) in [6, 6.07) is 5.07. The quantitative estimate of drug-likeness (QED) is 0.904. The Morgan fingerprint density at radius 2 is 2.29 bits per heavy atom. The second-order valence-corrected chi connectivity index (χ2v) is 4.18. The largest absolute Gasteiger partial charge is 0.366 e. The van der Waals surface area contributed by atoms with E-state index in [4.69, 9.17) is 17.3 Å². The number of carbonyl (C=O) groups is 1. The zero-order chi connectivity index (χ0) is 12.4. The highest BCUT2D eigenvalue weighted by Gasteiger charge is 2.07. The average molecular weight is 250 g/mol. The molecule has 2 rings (SSSR count). The molecule has 1 heterocycles. The molecule has 1 aromatic carbocycles. The second-order valence-electron chi connectivity index (χ2n) is 3.77. The average Bonchev–Trinajstić information content (AvgIpc) is 2.67. The van der Waals surface area contributed by atoms with Gasteiger partial charge in [-0.05, 0) is 24.6 Å². The summed E-state index contributed by atoms with van der Waals surface area (Å²) >= 11 is 6.10. The van der Waals surface area contributed by atoms with Gasteiger partial charge in [-0.1, -0.05) is 17.7 Å². The van der Waals surface area contributed by atoms with Gasteiger partial charge in [0.15, 0.2) is 0 Å². The fourth-order valence-electron chi connectivity index (χ4n) is 1.58. The van der Waals surface area contributed by atoms with Gasteiger partial charge in [-0.3, -0.25) is 4.79 Å². The molecule has 88 valence electrons. The van der Waals surface area contributed by atoms with Crippen LogP contribution in [-0.4, -0.2) is 15.5 Å². The molecule has 0 bridgehead atoms. The van der Waals surface area contributed by atoms with Crippen molar-refractivity contribution in [1.82, 2.24) is 9.55 Å². The number of primary amides is 1. The summed E-state index contributed by atoms with van der Waals surface area (Å²) in [5.41, 5.74) is 6.53. The molecule has 0 fully saturated rings. The Morgan fingerprint density at radius 3 is 2.82 bits per heavy atom. The first-order valence-electron chi connectivity index (χ1n) is 5.14. The molecule has 0 spiro atoms. The molecular weight excluding hydrogens is 238 g/mol. The van der Waals surface area contributed by atoms with Crippen molar-refractivity contribution in [2.45, 2.75) is 13.5 Å². The summed E-state index contributed by atoms with van der Waals surface area (Å²) in [4.78, 5) is 15.1. The van der Waals surface area contributed by atoms with Crippen LogP contribution in [0.2, 0.25) is 5.02 Å². The number of halogens is 1. The lowest BCUT2D eigenvalue weighted by Gasteiger charge is -2.08. The van der Waals surface area contributed by atoms with E-state index >= 15 is 0 Å². The molecule has 4 nitrogen and oxygen atoms in total. The van der Waals surface area contributed by atoms with Crippen molar-refractivity contribution in [2.75, 3.05) is 0 Å². The zero-order valence-corrected chi connectivity index (χ0v) is 10.1. The van der Waals surface area contributed by atoms with E-state index in [0.717, 1.165) is 11.4 Å². The monoisotopic (exact) mass is 249 g/mol. The lowest BCUT2D eigenvalue weighted by molar-refractivity contribution is 0.100. The molecule has 2 aromatic rings. The molecule has 0 aliphatic heterocycles. The van der Waals surface area contributed by atoms with Crippen molar-refractivity contribution in [3.8, 4) is 0 Å². The molecular formula is C12H12ClN3O. The maximum atomic E-state index is 11.0. The first-order valence-corrected chi connectivity index (χ1v) is 5.51. The molecule has 1 amide bonds. The van der Waals surface area contributed by atoms with Crippen LogP contribution in [0.3, 0.4) is 0 Å². The number of aromatic nitrogens is 2. The molecule has 17 heavy (non-hydrogen) atoms. The van der Waals surface area contributed by atoms with Crippen LogP contribution >= 0.6 is 11.6 Å². The van der Waals surface area contributed by atoms with Crippen LogP contribution in [0.4, 0.5) is 0 Å². The van der Waals surface area contributed by atoms with Gasteiger partial charge in [0.25, 0.3) is 0 Å². The molecule has 2 N–H and O–H groups in total. The van der Waals surface area contributed by atoms with E-state index in [1.54, 1.807) is 18.3 Å². The fourth-order valence-corrected chi connectivity index (χ4v) is 1.82. The first-order chi connectivity index (χ1) is 8.08. The van der Waals surface area contributed by atoms with Crippen LogP contribution < -0.4 is 5.73 Å². The van der Waals surface area contributed by atoms with Crippen molar-refractivity contribution in [3.05, 3.63) is 52.6 Å². The third kappa shape index (κ3) is 2.47. The van der Waals surface area contributed by atoms with Gasteiger partial charge in [-0.25, -0.2) is 4.98 Å². The topological polar surface area (TPSA) is 60.9 Å². The van der Waals surface area contributed by atoms with Crippen LogP contribution in [0.25, 0.3) is 0 Å². The molecule has 0 aliphatic carbocycles. The summed E-state index contributed by atoms with van der Waals surface area (Å²) in [5, 5.41) is 0.536. The first kappa shape index (κ1) is 11.7. The predicted molar refractivity (Wildman–Crippen MR) is 66.0 cm³/mol. The maximum Gasteiger partial charge on any atom is 0.248 e. The summed E-state index contributed by atoms with van der Waals surface area (Å²) in [6.07, 6.45) is 3.62. The predicted octanol–water partition coefficient (Wildman–Crippen LogP) is 1.99.